The Morgan fingerprint density at radius 1 is 1.27 bits per heavy atom. The fraction of sp³-hybridized carbons (Fsp3) is 0.125. The molecule has 0 saturated heterocycles. The molecule has 0 aliphatic carbocycles. The van der Waals surface area contributed by atoms with E-state index in [-0.39, 0.29) is 10.2 Å². The van der Waals surface area contributed by atoms with Gasteiger partial charge in [-0.25, -0.2) is 8.78 Å². The van der Waals surface area contributed by atoms with Crippen molar-refractivity contribution in [2.75, 3.05) is 0 Å². The third-order valence-corrected chi connectivity index (χ3v) is 2.60. The molecule has 2 rings (SSSR count). The van der Waals surface area contributed by atoms with Crippen molar-refractivity contribution in [3.8, 4) is 5.69 Å². The molecule has 0 aliphatic rings. The number of hydrogen-bond acceptors (Lipinski definition) is 3. The monoisotopic (exact) mass is 274 g/mol. The Hall–Kier alpha value is -1.37. The third kappa shape index (κ3) is 1.74. The Labute approximate surface area is 92.0 Å². The summed E-state index contributed by atoms with van der Waals surface area (Å²) in [7, 11) is 0. The van der Waals surface area contributed by atoms with Crippen molar-refractivity contribution in [2.24, 2.45) is 0 Å². The van der Waals surface area contributed by atoms with Crippen molar-refractivity contribution in [3.05, 3.63) is 34.1 Å². The highest BCUT2D eigenvalue weighted by molar-refractivity contribution is 9.10. The quantitative estimate of drug-likeness (QED) is 0.748. The second kappa shape index (κ2) is 3.65. The van der Waals surface area contributed by atoms with Crippen LogP contribution in [-0.4, -0.2) is 20.2 Å². The normalized spacial score (nSPS) is 10.7. The number of rotatable bonds is 1. The van der Waals surface area contributed by atoms with Crippen LogP contribution in [-0.2, 0) is 0 Å². The van der Waals surface area contributed by atoms with Crippen LogP contribution in [0.2, 0.25) is 0 Å². The molecular weight excluding hydrogens is 270 g/mol. The van der Waals surface area contributed by atoms with Crippen LogP contribution in [0.1, 0.15) is 5.82 Å². The molecule has 2 aromatic rings. The lowest BCUT2D eigenvalue weighted by Crippen LogP contribution is -2.01. The Morgan fingerprint density at radius 3 is 2.33 bits per heavy atom. The maximum atomic E-state index is 13.2. The van der Waals surface area contributed by atoms with Crippen molar-refractivity contribution >= 4 is 15.9 Å². The van der Waals surface area contributed by atoms with Crippen molar-refractivity contribution in [1.82, 2.24) is 20.2 Å². The number of hydrogen-bond donors (Lipinski definition) is 0. The fourth-order valence-corrected chi connectivity index (χ4v) is 1.36. The highest BCUT2D eigenvalue weighted by Gasteiger charge is 2.11. The minimum atomic E-state index is -0.695. The Morgan fingerprint density at radius 2 is 1.87 bits per heavy atom. The van der Waals surface area contributed by atoms with Gasteiger partial charge in [-0.1, -0.05) is 0 Å². The molecule has 78 valence electrons. The van der Waals surface area contributed by atoms with Crippen molar-refractivity contribution in [3.63, 3.8) is 0 Å². The van der Waals surface area contributed by atoms with Crippen molar-refractivity contribution in [2.45, 2.75) is 6.92 Å². The van der Waals surface area contributed by atoms with E-state index in [0.717, 1.165) is 12.1 Å². The Balaban J connectivity index is 2.60. The summed E-state index contributed by atoms with van der Waals surface area (Å²) in [5.41, 5.74) is 0.246. The van der Waals surface area contributed by atoms with Gasteiger partial charge in [0.15, 0.2) is 5.82 Å². The summed E-state index contributed by atoms with van der Waals surface area (Å²) >= 11 is 2.78. The zero-order valence-electron chi connectivity index (χ0n) is 7.58. The largest absolute Gasteiger partial charge is 0.206 e. The average Bonchev–Trinajstić information content (AvgIpc) is 2.60. The van der Waals surface area contributed by atoms with Crippen LogP contribution >= 0.6 is 15.9 Å². The van der Waals surface area contributed by atoms with E-state index >= 15 is 0 Å². The summed E-state index contributed by atoms with van der Waals surface area (Å²) in [4.78, 5) is 0. The van der Waals surface area contributed by atoms with Crippen molar-refractivity contribution in [1.29, 1.82) is 0 Å². The molecule has 0 spiro atoms. The molecule has 7 heteroatoms. The summed E-state index contributed by atoms with van der Waals surface area (Å²) in [5.74, 6) is -0.934. The van der Waals surface area contributed by atoms with E-state index in [1.807, 2.05) is 0 Å². The summed E-state index contributed by atoms with van der Waals surface area (Å²) in [6.07, 6.45) is 0. The molecule has 15 heavy (non-hydrogen) atoms. The van der Waals surface area contributed by atoms with E-state index in [4.69, 9.17) is 0 Å². The average molecular weight is 275 g/mol. The molecule has 0 saturated carbocycles. The van der Waals surface area contributed by atoms with Gasteiger partial charge in [0.2, 0.25) is 0 Å². The zero-order chi connectivity index (χ0) is 11.0. The topological polar surface area (TPSA) is 43.6 Å². The lowest BCUT2D eigenvalue weighted by Gasteiger charge is -2.03. The highest BCUT2D eigenvalue weighted by atomic mass is 79.9. The van der Waals surface area contributed by atoms with E-state index in [9.17, 15) is 8.78 Å². The molecule has 0 aliphatic heterocycles. The summed E-state index contributed by atoms with van der Waals surface area (Å²) in [5, 5.41) is 10.6. The summed E-state index contributed by atoms with van der Waals surface area (Å²) in [6.45, 7) is 1.64. The van der Waals surface area contributed by atoms with Gasteiger partial charge in [0, 0.05) is 12.1 Å². The minimum absolute atomic E-state index is 0.197. The minimum Gasteiger partial charge on any atom is -0.206 e. The number of nitrogens with zero attached hydrogens (tertiary/aromatic N) is 4. The molecule has 1 aromatic heterocycles. The van der Waals surface area contributed by atoms with Crippen LogP contribution in [0.25, 0.3) is 5.69 Å². The number of tetrazole rings is 1. The molecule has 0 N–H and O–H groups in total. The van der Waals surface area contributed by atoms with Gasteiger partial charge in [0.1, 0.15) is 11.6 Å². The number of halogens is 3. The first kappa shape index (κ1) is 10.2. The van der Waals surface area contributed by atoms with Gasteiger partial charge in [-0.05, 0) is 33.3 Å². The zero-order valence-corrected chi connectivity index (χ0v) is 9.16. The maximum absolute atomic E-state index is 13.2. The SMILES string of the molecule is Cc1nnnn1-c1cc(F)c(Br)c(F)c1. The fourth-order valence-electron chi connectivity index (χ4n) is 1.13. The number of aryl methyl sites for hydroxylation is 1. The summed E-state index contributed by atoms with van der Waals surface area (Å²) < 4.78 is 27.4. The second-order valence-electron chi connectivity index (χ2n) is 2.86. The van der Waals surface area contributed by atoms with Crippen LogP contribution in [0.15, 0.2) is 16.6 Å². The summed E-state index contributed by atoms with van der Waals surface area (Å²) in [6, 6.07) is 2.30. The van der Waals surface area contributed by atoms with Gasteiger partial charge in [-0.3, -0.25) is 0 Å². The lowest BCUT2D eigenvalue weighted by atomic mass is 10.3. The van der Waals surface area contributed by atoms with Gasteiger partial charge >= 0.3 is 0 Å². The van der Waals surface area contributed by atoms with Gasteiger partial charge in [0.25, 0.3) is 0 Å². The van der Waals surface area contributed by atoms with E-state index in [0.29, 0.717) is 5.82 Å². The molecular formula is C8H5BrF2N4. The number of benzene rings is 1. The van der Waals surface area contributed by atoms with Crippen LogP contribution in [0.3, 0.4) is 0 Å². The molecule has 0 radical (unpaired) electrons. The number of aromatic nitrogens is 4. The van der Waals surface area contributed by atoms with E-state index < -0.39 is 11.6 Å². The smallest absolute Gasteiger partial charge is 0.153 e. The van der Waals surface area contributed by atoms with Crippen LogP contribution < -0.4 is 0 Å². The Bertz CT molecular complexity index is 488. The van der Waals surface area contributed by atoms with Gasteiger partial charge in [0.05, 0.1) is 10.2 Å². The van der Waals surface area contributed by atoms with Crippen LogP contribution in [0.4, 0.5) is 8.78 Å². The van der Waals surface area contributed by atoms with Crippen molar-refractivity contribution < 1.29 is 8.78 Å². The van der Waals surface area contributed by atoms with Gasteiger partial charge < -0.3 is 0 Å². The third-order valence-electron chi connectivity index (χ3n) is 1.84. The first-order valence-electron chi connectivity index (χ1n) is 3.99. The molecule has 4 nitrogen and oxygen atoms in total. The molecule has 0 unspecified atom stereocenters. The molecule has 0 fully saturated rings. The molecule has 0 atom stereocenters. The lowest BCUT2D eigenvalue weighted by molar-refractivity contribution is 0.568. The maximum Gasteiger partial charge on any atom is 0.153 e. The first-order valence-corrected chi connectivity index (χ1v) is 4.79. The molecule has 0 amide bonds. The molecule has 1 heterocycles. The van der Waals surface area contributed by atoms with Gasteiger partial charge in [-0.15, -0.1) is 5.10 Å². The van der Waals surface area contributed by atoms with Crippen LogP contribution in [0.5, 0.6) is 0 Å². The second-order valence-corrected chi connectivity index (χ2v) is 3.65. The predicted octanol–water partition coefficient (Wildman–Crippen LogP) is 2.01. The predicted molar refractivity (Wildman–Crippen MR) is 51.5 cm³/mol. The first-order chi connectivity index (χ1) is 7.09. The highest BCUT2D eigenvalue weighted by Crippen LogP contribution is 2.22. The van der Waals surface area contributed by atoms with Gasteiger partial charge in [-0.2, -0.15) is 4.68 Å². The molecule has 0 bridgehead atoms. The Kier molecular flexibility index (Phi) is 2.47. The van der Waals surface area contributed by atoms with Crippen LogP contribution in [0, 0.1) is 18.6 Å². The van der Waals surface area contributed by atoms with E-state index in [2.05, 4.69) is 31.5 Å². The molecule has 1 aromatic carbocycles. The van der Waals surface area contributed by atoms with E-state index in [1.54, 1.807) is 6.92 Å². The standard InChI is InChI=1S/C8H5BrF2N4/c1-4-12-13-14-15(4)5-2-6(10)8(9)7(11)3-5/h2-3H,1H3. The van der Waals surface area contributed by atoms with E-state index in [1.165, 1.54) is 4.68 Å².